The van der Waals surface area contributed by atoms with Gasteiger partial charge in [-0.05, 0) is 31.0 Å². The summed E-state index contributed by atoms with van der Waals surface area (Å²) in [7, 11) is 0. The zero-order valence-corrected chi connectivity index (χ0v) is 10.7. The van der Waals surface area contributed by atoms with Crippen molar-refractivity contribution in [1.29, 1.82) is 0 Å². The van der Waals surface area contributed by atoms with E-state index in [2.05, 4.69) is 16.8 Å². The third kappa shape index (κ3) is 2.97. The van der Waals surface area contributed by atoms with Crippen LogP contribution in [0.3, 0.4) is 0 Å². The summed E-state index contributed by atoms with van der Waals surface area (Å²) in [5.41, 5.74) is 0.731. The highest BCUT2D eigenvalue weighted by Crippen LogP contribution is 2.24. The Morgan fingerprint density at radius 1 is 1.47 bits per heavy atom. The number of rotatable bonds is 3. The Labute approximate surface area is 106 Å². The third-order valence-corrected chi connectivity index (χ3v) is 3.14. The van der Waals surface area contributed by atoms with Crippen molar-refractivity contribution in [2.24, 2.45) is 4.99 Å². The average Bonchev–Trinajstić information content (AvgIpc) is 2.72. The van der Waals surface area contributed by atoms with Gasteiger partial charge in [0, 0.05) is 19.5 Å². The number of aliphatic imine (C=N–C) groups is 1. The second-order valence-corrected chi connectivity index (χ2v) is 4.62. The molecule has 0 bridgehead atoms. The second-order valence-electron chi connectivity index (χ2n) is 4.22. The predicted octanol–water partition coefficient (Wildman–Crippen LogP) is 4.01. The number of nitrogens with zero attached hydrogens (tertiary/aromatic N) is 2. The molecule has 0 unspecified atom stereocenters. The van der Waals surface area contributed by atoms with Crippen molar-refractivity contribution in [1.82, 2.24) is 4.90 Å². The summed E-state index contributed by atoms with van der Waals surface area (Å²) in [6.07, 6.45) is 3.26. The van der Waals surface area contributed by atoms with Gasteiger partial charge in [-0.25, -0.2) is 9.38 Å². The van der Waals surface area contributed by atoms with E-state index in [1.165, 1.54) is 6.07 Å². The molecule has 0 atom stereocenters. The lowest BCUT2D eigenvalue weighted by atomic mass is 10.3. The van der Waals surface area contributed by atoms with Gasteiger partial charge in [-0.1, -0.05) is 18.5 Å². The van der Waals surface area contributed by atoms with E-state index < -0.39 is 5.82 Å². The van der Waals surface area contributed by atoms with Crippen LogP contribution in [0.25, 0.3) is 0 Å². The van der Waals surface area contributed by atoms with Crippen LogP contribution in [-0.4, -0.2) is 23.8 Å². The SMILES string of the molecule is CCCN1CCCC1=Nc1ccc(F)c(Cl)c1. The Balaban J connectivity index is 2.19. The molecule has 0 aliphatic carbocycles. The first-order valence-electron chi connectivity index (χ1n) is 5.98. The molecule has 4 heteroatoms. The van der Waals surface area contributed by atoms with Crippen molar-refractivity contribution in [3.8, 4) is 0 Å². The molecule has 0 amide bonds. The largest absolute Gasteiger partial charge is 0.360 e. The molecular formula is C13H16ClFN2. The van der Waals surface area contributed by atoms with Gasteiger partial charge in [0.15, 0.2) is 0 Å². The molecule has 0 N–H and O–H groups in total. The number of hydrogen-bond acceptors (Lipinski definition) is 1. The van der Waals surface area contributed by atoms with Gasteiger partial charge >= 0.3 is 0 Å². The van der Waals surface area contributed by atoms with E-state index in [0.29, 0.717) is 0 Å². The van der Waals surface area contributed by atoms with Crippen LogP contribution >= 0.6 is 11.6 Å². The molecular weight excluding hydrogens is 239 g/mol. The van der Waals surface area contributed by atoms with Crippen molar-refractivity contribution in [2.45, 2.75) is 26.2 Å². The van der Waals surface area contributed by atoms with Crippen LogP contribution in [0.15, 0.2) is 23.2 Å². The summed E-state index contributed by atoms with van der Waals surface area (Å²) in [4.78, 5) is 6.84. The first kappa shape index (κ1) is 12.4. The normalized spacial score (nSPS) is 18.1. The minimum absolute atomic E-state index is 0.131. The molecule has 0 radical (unpaired) electrons. The summed E-state index contributed by atoms with van der Waals surface area (Å²) in [5.74, 6) is 0.696. The number of amidine groups is 1. The van der Waals surface area contributed by atoms with Gasteiger partial charge in [0.25, 0.3) is 0 Å². The molecule has 17 heavy (non-hydrogen) atoms. The molecule has 1 aromatic carbocycles. The van der Waals surface area contributed by atoms with Crippen molar-refractivity contribution in [3.05, 3.63) is 29.0 Å². The minimum Gasteiger partial charge on any atom is -0.360 e. The number of halogens is 2. The van der Waals surface area contributed by atoms with Crippen molar-refractivity contribution in [2.75, 3.05) is 13.1 Å². The number of hydrogen-bond donors (Lipinski definition) is 0. The standard InChI is InChI=1S/C13H16ClFN2/c1-2-7-17-8-3-4-13(17)16-10-5-6-12(15)11(14)9-10/h5-6,9H,2-4,7-8H2,1H3. The molecule has 2 rings (SSSR count). The number of benzene rings is 1. The van der Waals surface area contributed by atoms with Gasteiger partial charge in [-0.3, -0.25) is 0 Å². The monoisotopic (exact) mass is 254 g/mol. The molecule has 1 fully saturated rings. The van der Waals surface area contributed by atoms with Gasteiger partial charge < -0.3 is 4.90 Å². The Bertz CT molecular complexity index is 431. The number of likely N-dealkylation sites (tertiary alicyclic amines) is 1. The quantitative estimate of drug-likeness (QED) is 0.796. The zero-order valence-electron chi connectivity index (χ0n) is 9.92. The van der Waals surface area contributed by atoms with Crippen LogP contribution in [-0.2, 0) is 0 Å². The summed E-state index contributed by atoms with van der Waals surface area (Å²) < 4.78 is 13.0. The van der Waals surface area contributed by atoms with Crippen LogP contribution in [0.2, 0.25) is 5.02 Å². The summed E-state index contributed by atoms with van der Waals surface area (Å²) in [5, 5.41) is 0.131. The van der Waals surface area contributed by atoms with Crippen LogP contribution in [0.5, 0.6) is 0 Å². The Morgan fingerprint density at radius 2 is 2.29 bits per heavy atom. The smallest absolute Gasteiger partial charge is 0.141 e. The highest BCUT2D eigenvalue weighted by molar-refractivity contribution is 6.31. The Kier molecular flexibility index (Phi) is 4.00. The van der Waals surface area contributed by atoms with E-state index in [1.807, 2.05) is 0 Å². The maximum Gasteiger partial charge on any atom is 0.141 e. The van der Waals surface area contributed by atoms with E-state index in [1.54, 1.807) is 12.1 Å². The van der Waals surface area contributed by atoms with Crippen molar-refractivity contribution in [3.63, 3.8) is 0 Å². The Hall–Kier alpha value is -1.09. The molecule has 0 spiro atoms. The van der Waals surface area contributed by atoms with E-state index >= 15 is 0 Å². The van der Waals surface area contributed by atoms with E-state index in [9.17, 15) is 4.39 Å². The molecule has 1 aliphatic rings. The third-order valence-electron chi connectivity index (χ3n) is 2.85. The molecule has 92 valence electrons. The molecule has 1 aromatic rings. The fourth-order valence-corrected chi connectivity index (χ4v) is 2.23. The maximum absolute atomic E-state index is 13.0. The van der Waals surface area contributed by atoms with Crippen molar-refractivity contribution < 1.29 is 4.39 Å². The minimum atomic E-state index is -0.396. The predicted molar refractivity (Wildman–Crippen MR) is 69.6 cm³/mol. The first-order valence-corrected chi connectivity index (χ1v) is 6.36. The van der Waals surface area contributed by atoms with E-state index in [0.717, 1.165) is 43.9 Å². The summed E-state index contributed by atoms with van der Waals surface area (Å²) >= 11 is 5.74. The topological polar surface area (TPSA) is 15.6 Å². The molecule has 1 saturated heterocycles. The lowest BCUT2D eigenvalue weighted by Gasteiger charge is -2.17. The fourth-order valence-electron chi connectivity index (χ4n) is 2.06. The lowest BCUT2D eigenvalue weighted by molar-refractivity contribution is 0.452. The van der Waals surface area contributed by atoms with E-state index in [4.69, 9.17) is 11.6 Å². The van der Waals surface area contributed by atoms with Gasteiger partial charge in [-0.15, -0.1) is 0 Å². The van der Waals surface area contributed by atoms with Gasteiger partial charge in [0.1, 0.15) is 11.7 Å². The van der Waals surface area contributed by atoms with Crippen LogP contribution < -0.4 is 0 Å². The molecule has 0 aromatic heterocycles. The Morgan fingerprint density at radius 3 is 3.00 bits per heavy atom. The maximum atomic E-state index is 13.0. The molecule has 0 saturated carbocycles. The molecule has 2 nitrogen and oxygen atoms in total. The second kappa shape index (κ2) is 5.50. The first-order chi connectivity index (χ1) is 8.20. The van der Waals surface area contributed by atoms with Gasteiger partial charge in [0.05, 0.1) is 10.7 Å². The summed E-state index contributed by atoms with van der Waals surface area (Å²) in [6, 6.07) is 4.60. The van der Waals surface area contributed by atoms with E-state index in [-0.39, 0.29) is 5.02 Å². The fraction of sp³-hybridized carbons (Fsp3) is 0.462. The van der Waals surface area contributed by atoms with Gasteiger partial charge in [0.2, 0.25) is 0 Å². The average molecular weight is 255 g/mol. The highest BCUT2D eigenvalue weighted by atomic mass is 35.5. The zero-order chi connectivity index (χ0) is 12.3. The lowest BCUT2D eigenvalue weighted by Crippen LogP contribution is -2.25. The van der Waals surface area contributed by atoms with Crippen LogP contribution in [0.4, 0.5) is 10.1 Å². The van der Waals surface area contributed by atoms with Gasteiger partial charge in [-0.2, -0.15) is 0 Å². The highest BCUT2D eigenvalue weighted by Gasteiger charge is 2.17. The molecule has 1 heterocycles. The van der Waals surface area contributed by atoms with Crippen molar-refractivity contribution >= 4 is 23.1 Å². The summed E-state index contributed by atoms with van der Waals surface area (Å²) in [6.45, 7) is 4.26. The van der Waals surface area contributed by atoms with Crippen LogP contribution in [0.1, 0.15) is 26.2 Å². The van der Waals surface area contributed by atoms with Crippen LogP contribution in [0, 0.1) is 5.82 Å². The molecule has 1 aliphatic heterocycles.